The number of hydrogen-bond acceptors (Lipinski definition) is 9. The number of anilines is 3. The van der Waals surface area contributed by atoms with E-state index in [2.05, 4.69) is 30.6 Å². The van der Waals surface area contributed by atoms with Crippen LogP contribution in [0.15, 0.2) is 17.5 Å². The smallest absolute Gasteiger partial charge is 0.237 e. The van der Waals surface area contributed by atoms with Crippen LogP contribution in [0.5, 0.6) is 0 Å². The van der Waals surface area contributed by atoms with Gasteiger partial charge in [-0.1, -0.05) is 0 Å². The van der Waals surface area contributed by atoms with Gasteiger partial charge in [-0.25, -0.2) is 4.98 Å². The fourth-order valence-electron chi connectivity index (χ4n) is 5.74. The molecule has 0 unspecified atom stereocenters. The van der Waals surface area contributed by atoms with Gasteiger partial charge in [-0.2, -0.15) is 10.1 Å². The Morgan fingerprint density at radius 3 is 2.77 bits per heavy atom. The summed E-state index contributed by atoms with van der Waals surface area (Å²) in [6.07, 6.45) is 5.19. The second kappa shape index (κ2) is 9.71. The van der Waals surface area contributed by atoms with E-state index < -0.39 is 0 Å². The number of nitrogens with zero attached hydrogens (tertiary/aromatic N) is 5. The van der Waals surface area contributed by atoms with E-state index in [9.17, 15) is 4.79 Å². The van der Waals surface area contributed by atoms with Crippen LogP contribution in [0.4, 0.5) is 17.6 Å². The van der Waals surface area contributed by atoms with E-state index in [1.54, 1.807) is 11.3 Å². The summed E-state index contributed by atoms with van der Waals surface area (Å²) in [5.41, 5.74) is 0.989. The van der Waals surface area contributed by atoms with Crippen molar-refractivity contribution in [3.05, 3.63) is 23.2 Å². The van der Waals surface area contributed by atoms with Crippen molar-refractivity contribution in [2.24, 2.45) is 0 Å². The molecule has 3 fully saturated rings. The number of carbonyl (C=O) groups is 1. The molecular weight excluding hydrogens is 464 g/mol. The zero-order chi connectivity index (χ0) is 23.8. The Morgan fingerprint density at radius 2 is 2.03 bits per heavy atom. The number of ether oxygens (including phenoxy) is 1. The molecule has 3 aliphatic rings. The molecule has 0 radical (unpaired) electrons. The number of fused-ring (bicyclic) bond motifs is 3. The average molecular weight is 497 g/mol. The summed E-state index contributed by atoms with van der Waals surface area (Å²) in [5, 5.41) is 17.2. The van der Waals surface area contributed by atoms with Crippen LogP contribution in [0.1, 0.15) is 37.8 Å². The minimum absolute atomic E-state index is 0.246. The lowest BCUT2D eigenvalue weighted by atomic mass is 9.81. The molecule has 3 aromatic heterocycles. The summed E-state index contributed by atoms with van der Waals surface area (Å²) >= 11 is 1.61. The molecule has 35 heavy (non-hydrogen) atoms. The zero-order valence-electron chi connectivity index (χ0n) is 20.0. The first kappa shape index (κ1) is 22.7. The number of morpholine rings is 1. The highest BCUT2D eigenvalue weighted by atomic mass is 32.1. The first-order valence-corrected chi connectivity index (χ1v) is 13.4. The molecule has 2 bridgehead atoms. The van der Waals surface area contributed by atoms with Crippen LogP contribution in [0.3, 0.4) is 0 Å². The van der Waals surface area contributed by atoms with Crippen LogP contribution in [0, 0.1) is 6.92 Å². The maximum atomic E-state index is 13.3. The third-order valence-electron chi connectivity index (χ3n) is 7.34. The van der Waals surface area contributed by atoms with E-state index in [0.29, 0.717) is 12.5 Å². The lowest BCUT2D eigenvalue weighted by Crippen LogP contribution is -2.59. The van der Waals surface area contributed by atoms with Gasteiger partial charge in [0.15, 0.2) is 5.82 Å². The second-order valence-corrected chi connectivity index (χ2v) is 10.7. The van der Waals surface area contributed by atoms with E-state index in [1.165, 1.54) is 6.42 Å². The van der Waals surface area contributed by atoms with Crippen molar-refractivity contribution in [3.63, 3.8) is 0 Å². The van der Waals surface area contributed by atoms with Crippen LogP contribution in [-0.4, -0.2) is 86.8 Å². The topological polar surface area (TPSA) is 111 Å². The summed E-state index contributed by atoms with van der Waals surface area (Å²) in [5.74, 6) is 2.40. The SMILES string of the molecule is Cc1cc(Nc2nc(N[C@@H]3C[C@H]4CCC[C@@H](C3)N4C(=O)CN3CCOCC3)nc3sccc23)n[nH]1. The number of carbonyl (C=O) groups excluding carboxylic acids is 1. The average Bonchev–Trinajstić information content (AvgIpc) is 3.48. The lowest BCUT2D eigenvalue weighted by Gasteiger charge is -2.49. The fourth-order valence-corrected chi connectivity index (χ4v) is 6.50. The largest absolute Gasteiger partial charge is 0.379 e. The van der Waals surface area contributed by atoms with Gasteiger partial charge in [0.1, 0.15) is 10.6 Å². The standard InChI is InChI=1S/C24H32N8O2S/c1-15-11-20(30-29-15)26-22-19-5-10-35-23(19)28-24(27-22)25-16-12-17-3-2-4-18(13-16)32(17)21(33)14-31-6-8-34-9-7-31/h5,10-11,16-18H,2-4,6-9,12-14H2,1H3,(H3,25,26,27,28,29,30)/t16-,17-,18+. The Hall–Kier alpha value is -2.76. The van der Waals surface area contributed by atoms with Gasteiger partial charge in [0.05, 0.1) is 25.1 Å². The molecular formula is C24H32N8O2S. The highest BCUT2D eigenvalue weighted by Gasteiger charge is 2.41. The Labute approximate surface area is 208 Å². The molecule has 186 valence electrons. The fraction of sp³-hybridized carbons (Fsp3) is 0.583. The molecule has 3 saturated heterocycles. The van der Waals surface area contributed by atoms with E-state index in [4.69, 9.17) is 14.7 Å². The molecule has 11 heteroatoms. The van der Waals surface area contributed by atoms with Gasteiger partial charge < -0.3 is 20.3 Å². The molecule has 3 atom stereocenters. The molecule has 6 rings (SSSR count). The lowest BCUT2D eigenvalue weighted by molar-refractivity contribution is -0.143. The van der Waals surface area contributed by atoms with Crippen LogP contribution in [-0.2, 0) is 9.53 Å². The maximum Gasteiger partial charge on any atom is 0.237 e. The third-order valence-corrected chi connectivity index (χ3v) is 8.14. The minimum Gasteiger partial charge on any atom is -0.379 e. The van der Waals surface area contributed by atoms with Crippen LogP contribution in [0.2, 0.25) is 0 Å². The minimum atomic E-state index is 0.246. The van der Waals surface area contributed by atoms with Gasteiger partial charge in [0.25, 0.3) is 0 Å². The number of rotatable bonds is 6. The Bertz CT molecular complexity index is 1180. The molecule has 3 N–H and O–H groups in total. The van der Waals surface area contributed by atoms with Crippen LogP contribution in [0.25, 0.3) is 10.2 Å². The van der Waals surface area contributed by atoms with Gasteiger partial charge in [-0.3, -0.25) is 14.8 Å². The van der Waals surface area contributed by atoms with E-state index in [-0.39, 0.29) is 24.0 Å². The number of thiophene rings is 1. The first-order chi connectivity index (χ1) is 17.1. The number of aryl methyl sites for hydroxylation is 1. The highest BCUT2D eigenvalue weighted by molar-refractivity contribution is 7.16. The summed E-state index contributed by atoms with van der Waals surface area (Å²) in [4.78, 5) is 28.2. The number of aromatic nitrogens is 4. The zero-order valence-corrected chi connectivity index (χ0v) is 20.8. The predicted octanol–water partition coefficient (Wildman–Crippen LogP) is 3.12. The second-order valence-electron chi connectivity index (χ2n) is 9.84. The predicted molar refractivity (Wildman–Crippen MR) is 136 cm³/mol. The number of aromatic amines is 1. The molecule has 0 spiro atoms. The van der Waals surface area contributed by atoms with Crippen molar-refractivity contribution in [1.29, 1.82) is 0 Å². The van der Waals surface area contributed by atoms with Crippen molar-refractivity contribution in [1.82, 2.24) is 30.0 Å². The van der Waals surface area contributed by atoms with Gasteiger partial charge in [0.2, 0.25) is 11.9 Å². The number of amides is 1. The van der Waals surface area contributed by atoms with Gasteiger partial charge >= 0.3 is 0 Å². The maximum absolute atomic E-state index is 13.3. The van der Waals surface area contributed by atoms with Crippen molar-refractivity contribution in [3.8, 4) is 0 Å². The number of piperidine rings is 2. The number of hydrogen-bond donors (Lipinski definition) is 3. The molecule has 6 heterocycles. The molecule has 3 aromatic rings. The Kier molecular flexibility index (Phi) is 6.29. The van der Waals surface area contributed by atoms with E-state index in [1.807, 2.05) is 24.4 Å². The third kappa shape index (κ3) is 4.85. The van der Waals surface area contributed by atoms with Gasteiger partial charge in [0, 0.05) is 43.0 Å². The highest BCUT2D eigenvalue weighted by Crippen LogP contribution is 2.36. The summed E-state index contributed by atoms with van der Waals surface area (Å²) < 4.78 is 5.44. The summed E-state index contributed by atoms with van der Waals surface area (Å²) in [7, 11) is 0. The van der Waals surface area contributed by atoms with Gasteiger partial charge in [-0.05, 0) is 50.5 Å². The van der Waals surface area contributed by atoms with Crippen molar-refractivity contribution >= 4 is 45.0 Å². The molecule has 10 nitrogen and oxygen atoms in total. The van der Waals surface area contributed by atoms with Crippen molar-refractivity contribution in [2.75, 3.05) is 43.5 Å². The molecule has 0 aliphatic carbocycles. The molecule has 0 aromatic carbocycles. The molecule has 0 saturated carbocycles. The van der Waals surface area contributed by atoms with E-state index in [0.717, 1.165) is 79.5 Å². The Balaban J connectivity index is 1.16. The van der Waals surface area contributed by atoms with Crippen LogP contribution < -0.4 is 10.6 Å². The van der Waals surface area contributed by atoms with Crippen molar-refractivity contribution in [2.45, 2.75) is 57.2 Å². The monoisotopic (exact) mass is 496 g/mol. The first-order valence-electron chi connectivity index (χ1n) is 12.5. The van der Waals surface area contributed by atoms with E-state index >= 15 is 0 Å². The van der Waals surface area contributed by atoms with Crippen molar-refractivity contribution < 1.29 is 9.53 Å². The Morgan fingerprint density at radius 1 is 1.23 bits per heavy atom. The quantitative estimate of drug-likeness (QED) is 0.477. The molecule has 3 aliphatic heterocycles. The summed E-state index contributed by atoms with van der Waals surface area (Å²) in [6, 6.07) is 4.80. The van der Waals surface area contributed by atoms with Gasteiger partial charge in [-0.15, -0.1) is 11.3 Å². The summed E-state index contributed by atoms with van der Waals surface area (Å²) in [6.45, 7) is 5.61. The normalized spacial score (nSPS) is 25.1. The van der Waals surface area contributed by atoms with Crippen LogP contribution >= 0.6 is 11.3 Å². The molecule has 1 amide bonds. The number of H-pyrrole nitrogens is 1. The number of nitrogens with one attached hydrogen (secondary N) is 3.